The zero-order valence-electron chi connectivity index (χ0n) is 17.6. The third kappa shape index (κ3) is 6.71. The van der Waals surface area contributed by atoms with E-state index in [0.29, 0.717) is 13.0 Å². The monoisotopic (exact) mass is 467 g/mol. The number of benzene rings is 1. The van der Waals surface area contributed by atoms with E-state index in [4.69, 9.17) is 9.47 Å². The third-order valence-electron chi connectivity index (χ3n) is 4.20. The van der Waals surface area contributed by atoms with Crippen molar-refractivity contribution in [1.29, 1.82) is 5.26 Å². The van der Waals surface area contributed by atoms with E-state index < -0.39 is 18.1 Å². The number of hydrogen-bond donors (Lipinski definition) is 1. The van der Waals surface area contributed by atoms with Gasteiger partial charge in [-0.3, -0.25) is 14.2 Å². The van der Waals surface area contributed by atoms with E-state index in [9.17, 15) is 23.6 Å². The predicted octanol–water partition coefficient (Wildman–Crippen LogP) is 0.813. The topological polar surface area (TPSA) is 103 Å². The second kappa shape index (κ2) is 12.7. The van der Waals surface area contributed by atoms with E-state index in [0.717, 1.165) is 11.3 Å². The van der Waals surface area contributed by atoms with Crippen molar-refractivity contribution in [2.45, 2.75) is 19.6 Å². The molecule has 0 aliphatic carbocycles. The molecular weight excluding hydrogens is 444 g/mol. The van der Waals surface area contributed by atoms with Crippen LogP contribution in [0.5, 0.6) is 5.75 Å². The molecule has 1 aromatic carbocycles. The largest absolute Gasteiger partial charge is 0.434 e. The molecule has 0 spiro atoms. The molecule has 0 aliphatic heterocycles. The molecule has 0 radical (unpaired) electrons. The molecule has 0 saturated carbocycles. The Hall–Kier alpha value is -3.07. The Balaban J connectivity index is 2.65. The molecule has 1 N–H and O–H groups in total. The number of hydrogen-bond acceptors (Lipinski definition) is 7. The molecule has 0 atom stereocenters. The van der Waals surface area contributed by atoms with Gasteiger partial charge in [0.15, 0.2) is 5.57 Å². The molecule has 11 heteroatoms. The van der Waals surface area contributed by atoms with Crippen molar-refractivity contribution in [1.82, 2.24) is 9.88 Å². The molecule has 32 heavy (non-hydrogen) atoms. The standard InChI is InChI=1S/C21H23F2N3O5S/c1-29-10-5-9-26-19(28)17(12-14-6-3-4-7-16(14)31-21(22)23)32-20(26)15(13-24)18(27)25-8-11-30-2/h3-4,6-7,12,21H,5,8-11H2,1-2H3,(H,25,27)/b17-12+,20-15+. The number of nitrogens with zero attached hydrogens (tertiary/aromatic N) is 2. The van der Waals surface area contributed by atoms with Crippen molar-refractivity contribution in [3.05, 3.63) is 49.4 Å². The van der Waals surface area contributed by atoms with Crippen LogP contribution in [0.3, 0.4) is 0 Å². The summed E-state index contributed by atoms with van der Waals surface area (Å²) in [6.45, 7) is -2.00. The third-order valence-corrected chi connectivity index (χ3v) is 5.33. The van der Waals surface area contributed by atoms with E-state index in [1.54, 1.807) is 6.07 Å². The number of rotatable bonds is 11. The highest BCUT2D eigenvalue weighted by Gasteiger charge is 2.16. The Bertz CT molecular complexity index is 1140. The van der Waals surface area contributed by atoms with Crippen LogP contribution in [0.15, 0.2) is 29.1 Å². The predicted molar refractivity (Wildman–Crippen MR) is 115 cm³/mol. The minimum Gasteiger partial charge on any atom is -0.434 e. The molecule has 1 heterocycles. The first kappa shape index (κ1) is 25.2. The summed E-state index contributed by atoms with van der Waals surface area (Å²) >= 11 is 0.926. The Kier molecular flexibility index (Phi) is 10.0. The maximum absolute atomic E-state index is 13.1. The zero-order chi connectivity index (χ0) is 23.5. The van der Waals surface area contributed by atoms with Crippen LogP contribution in [0, 0.1) is 11.3 Å². The van der Waals surface area contributed by atoms with Crippen molar-refractivity contribution in [2.75, 3.05) is 34.0 Å². The van der Waals surface area contributed by atoms with E-state index in [2.05, 4.69) is 10.1 Å². The van der Waals surface area contributed by atoms with E-state index in [1.165, 1.54) is 43.1 Å². The van der Waals surface area contributed by atoms with Crippen LogP contribution in [0.1, 0.15) is 12.0 Å². The van der Waals surface area contributed by atoms with Gasteiger partial charge in [-0.05, 0) is 18.6 Å². The number of alkyl halides is 2. The van der Waals surface area contributed by atoms with Crippen LogP contribution in [0.4, 0.5) is 8.78 Å². The van der Waals surface area contributed by atoms with Crippen LogP contribution in [0.25, 0.3) is 11.6 Å². The van der Waals surface area contributed by atoms with Crippen molar-refractivity contribution in [3.8, 4) is 11.8 Å². The van der Waals surface area contributed by atoms with Gasteiger partial charge in [-0.2, -0.15) is 14.0 Å². The number of nitriles is 1. The van der Waals surface area contributed by atoms with Gasteiger partial charge in [-0.15, -0.1) is 11.3 Å². The maximum Gasteiger partial charge on any atom is 0.387 e. The molecule has 2 aromatic rings. The fourth-order valence-corrected chi connectivity index (χ4v) is 3.89. The van der Waals surface area contributed by atoms with Crippen LogP contribution >= 0.6 is 11.3 Å². The highest BCUT2D eigenvalue weighted by molar-refractivity contribution is 7.07. The average molecular weight is 467 g/mol. The Labute approximate surface area is 186 Å². The molecule has 1 amide bonds. The van der Waals surface area contributed by atoms with Gasteiger partial charge in [0.1, 0.15) is 16.5 Å². The fraction of sp³-hybridized carbons (Fsp3) is 0.381. The number of carbonyl (C=O) groups is 1. The summed E-state index contributed by atoms with van der Waals surface area (Å²) in [5.41, 5.74) is -0.410. The summed E-state index contributed by atoms with van der Waals surface area (Å²) in [5.74, 6) is -0.733. The highest BCUT2D eigenvalue weighted by atomic mass is 32.1. The summed E-state index contributed by atoms with van der Waals surface area (Å²) in [5, 5.41) is 12.2. The van der Waals surface area contributed by atoms with Crippen molar-refractivity contribution < 1.29 is 27.8 Å². The van der Waals surface area contributed by atoms with Gasteiger partial charge in [0.05, 0.1) is 11.1 Å². The molecule has 2 rings (SSSR count). The fourth-order valence-electron chi connectivity index (χ4n) is 2.77. The number of amides is 1. The molecule has 0 fully saturated rings. The normalized spacial score (nSPS) is 12.6. The first-order valence-electron chi connectivity index (χ1n) is 9.58. The van der Waals surface area contributed by atoms with Crippen LogP contribution in [-0.4, -0.2) is 51.1 Å². The SMILES string of the molecule is COCCCn1c(=O)/c(=C\c2ccccc2OC(F)F)s/c1=C(\C#N)C(=O)NCCOC. The summed E-state index contributed by atoms with van der Waals surface area (Å²) in [6, 6.07) is 7.90. The number of methoxy groups -OCH3 is 2. The lowest BCUT2D eigenvalue weighted by molar-refractivity contribution is -0.115. The number of halogens is 2. The highest BCUT2D eigenvalue weighted by Crippen LogP contribution is 2.20. The Morgan fingerprint density at radius 3 is 2.66 bits per heavy atom. The Morgan fingerprint density at radius 1 is 1.28 bits per heavy atom. The number of thiazole rings is 1. The number of para-hydroxylation sites is 1. The van der Waals surface area contributed by atoms with E-state index in [1.807, 2.05) is 6.07 Å². The van der Waals surface area contributed by atoms with Crippen LogP contribution in [-0.2, 0) is 20.8 Å². The second-order valence-corrected chi connectivity index (χ2v) is 7.40. The minimum absolute atomic E-state index is 0.0930. The molecule has 1 aromatic heterocycles. The average Bonchev–Trinajstić information content (AvgIpc) is 3.05. The van der Waals surface area contributed by atoms with Gasteiger partial charge in [0, 0.05) is 39.5 Å². The summed E-state index contributed by atoms with van der Waals surface area (Å²) < 4.78 is 41.5. The summed E-state index contributed by atoms with van der Waals surface area (Å²) in [6.07, 6.45) is 1.87. The lowest BCUT2D eigenvalue weighted by Gasteiger charge is -2.06. The van der Waals surface area contributed by atoms with Crippen LogP contribution in [0.2, 0.25) is 0 Å². The molecule has 0 unspecified atom stereocenters. The van der Waals surface area contributed by atoms with Gasteiger partial charge < -0.3 is 19.5 Å². The van der Waals surface area contributed by atoms with Gasteiger partial charge in [0.2, 0.25) is 0 Å². The molecular formula is C21H23F2N3O5S. The quantitative estimate of drug-likeness (QED) is 0.491. The summed E-state index contributed by atoms with van der Waals surface area (Å²) in [4.78, 5) is 25.6. The minimum atomic E-state index is -3.02. The lowest BCUT2D eigenvalue weighted by atomic mass is 10.2. The van der Waals surface area contributed by atoms with Gasteiger partial charge in [0.25, 0.3) is 11.5 Å². The smallest absolute Gasteiger partial charge is 0.387 e. The lowest BCUT2D eigenvalue weighted by Crippen LogP contribution is -2.35. The first-order chi connectivity index (χ1) is 15.4. The zero-order valence-corrected chi connectivity index (χ0v) is 18.4. The maximum atomic E-state index is 13.1. The van der Waals surface area contributed by atoms with Crippen molar-refractivity contribution in [3.63, 3.8) is 0 Å². The van der Waals surface area contributed by atoms with Crippen molar-refractivity contribution in [2.24, 2.45) is 0 Å². The molecule has 0 bridgehead atoms. The summed E-state index contributed by atoms with van der Waals surface area (Å²) in [7, 11) is 3.00. The van der Waals surface area contributed by atoms with Gasteiger partial charge in [-0.25, -0.2) is 0 Å². The number of aromatic nitrogens is 1. The van der Waals surface area contributed by atoms with Crippen molar-refractivity contribution >= 4 is 28.9 Å². The van der Waals surface area contributed by atoms with Gasteiger partial charge in [-0.1, -0.05) is 18.2 Å². The van der Waals surface area contributed by atoms with Gasteiger partial charge >= 0.3 is 6.61 Å². The second-order valence-electron chi connectivity index (χ2n) is 6.37. The number of ether oxygens (including phenoxy) is 3. The molecule has 8 nitrogen and oxygen atoms in total. The molecule has 0 aliphatic rings. The molecule has 0 saturated heterocycles. The first-order valence-corrected chi connectivity index (χ1v) is 10.4. The number of carbonyl (C=O) groups excluding carboxylic acids is 1. The van der Waals surface area contributed by atoms with E-state index in [-0.39, 0.29) is 45.8 Å². The molecule has 172 valence electrons. The Morgan fingerprint density at radius 2 is 2.00 bits per heavy atom. The van der Waals surface area contributed by atoms with E-state index >= 15 is 0 Å². The number of nitrogens with one attached hydrogen (secondary N) is 1. The van der Waals surface area contributed by atoms with Crippen LogP contribution < -0.4 is 24.8 Å².